The average molecular weight is 377 g/mol. The van der Waals surface area contributed by atoms with E-state index in [4.69, 9.17) is 0 Å². The highest BCUT2D eigenvalue weighted by Gasteiger charge is 2.13. The van der Waals surface area contributed by atoms with Crippen LogP contribution < -0.4 is 5.32 Å². The van der Waals surface area contributed by atoms with Gasteiger partial charge in [-0.25, -0.2) is 0 Å². The van der Waals surface area contributed by atoms with Crippen molar-refractivity contribution in [1.82, 2.24) is 0 Å². The third-order valence-electron chi connectivity index (χ3n) is 4.18. The summed E-state index contributed by atoms with van der Waals surface area (Å²) in [7, 11) is 0. The van der Waals surface area contributed by atoms with Gasteiger partial charge < -0.3 is 5.32 Å². The van der Waals surface area contributed by atoms with E-state index in [2.05, 4.69) is 78.2 Å². The summed E-state index contributed by atoms with van der Waals surface area (Å²) < 4.78 is 1.31. The van der Waals surface area contributed by atoms with Crippen LogP contribution in [0.3, 0.4) is 0 Å². The number of benzene rings is 2. The quantitative estimate of drug-likeness (QED) is 0.720. The fraction of sp³-hybridized carbons (Fsp3) is 0.333. The third kappa shape index (κ3) is 2.85. The molecule has 0 amide bonds. The Morgan fingerprint density at radius 2 is 1.85 bits per heavy atom. The maximum absolute atomic E-state index is 3.61. The average Bonchev–Trinajstić information content (AvgIpc) is 2.90. The molecule has 3 rings (SSSR count). The van der Waals surface area contributed by atoms with Crippen LogP contribution in [0.1, 0.15) is 41.6 Å². The molecule has 2 heteroatoms. The first-order valence-corrected chi connectivity index (χ1v) is 8.36. The fourth-order valence-electron chi connectivity index (χ4n) is 2.88. The molecule has 1 unspecified atom stereocenters. The zero-order valence-electron chi connectivity index (χ0n) is 12.0. The van der Waals surface area contributed by atoms with Gasteiger partial charge in [-0.2, -0.15) is 0 Å². The van der Waals surface area contributed by atoms with Crippen molar-refractivity contribution in [3.05, 3.63) is 62.2 Å². The van der Waals surface area contributed by atoms with E-state index in [1.165, 1.54) is 39.6 Å². The standard InChI is InChI=1S/C18H20IN/c1-12-6-9-17(11-18(12)19)20-13(2)15-8-7-14-4-3-5-16(14)10-15/h6-11,13,20H,3-5H2,1-2H3. The first-order valence-electron chi connectivity index (χ1n) is 7.28. The van der Waals surface area contributed by atoms with Gasteiger partial charge in [-0.05, 0) is 90.1 Å². The minimum Gasteiger partial charge on any atom is -0.378 e. The van der Waals surface area contributed by atoms with Crippen LogP contribution >= 0.6 is 22.6 Å². The largest absolute Gasteiger partial charge is 0.378 e. The van der Waals surface area contributed by atoms with Crippen LogP contribution in [0.2, 0.25) is 0 Å². The lowest BCUT2D eigenvalue weighted by Gasteiger charge is -2.17. The van der Waals surface area contributed by atoms with Gasteiger partial charge in [-0.1, -0.05) is 24.3 Å². The zero-order valence-corrected chi connectivity index (χ0v) is 14.2. The summed E-state index contributed by atoms with van der Waals surface area (Å²) in [5, 5.41) is 3.61. The van der Waals surface area contributed by atoms with Gasteiger partial charge in [0.05, 0.1) is 0 Å². The highest BCUT2D eigenvalue weighted by atomic mass is 127. The molecule has 0 saturated heterocycles. The molecule has 2 aromatic rings. The van der Waals surface area contributed by atoms with E-state index >= 15 is 0 Å². The Morgan fingerprint density at radius 1 is 1.05 bits per heavy atom. The van der Waals surface area contributed by atoms with Gasteiger partial charge >= 0.3 is 0 Å². The second-order valence-corrected chi connectivity index (χ2v) is 6.87. The minimum absolute atomic E-state index is 0.347. The molecule has 1 aliphatic carbocycles. The molecule has 1 atom stereocenters. The number of aryl methyl sites for hydroxylation is 3. The Labute approximate surface area is 134 Å². The summed E-state index contributed by atoms with van der Waals surface area (Å²) in [6.07, 6.45) is 3.82. The van der Waals surface area contributed by atoms with Crippen molar-refractivity contribution in [2.24, 2.45) is 0 Å². The van der Waals surface area contributed by atoms with E-state index in [-0.39, 0.29) is 0 Å². The van der Waals surface area contributed by atoms with E-state index in [1.54, 1.807) is 11.1 Å². The molecule has 2 aromatic carbocycles. The number of rotatable bonds is 3. The first-order chi connectivity index (χ1) is 9.63. The molecule has 20 heavy (non-hydrogen) atoms. The Kier molecular flexibility index (Phi) is 4.01. The van der Waals surface area contributed by atoms with Crippen LogP contribution in [0.15, 0.2) is 36.4 Å². The zero-order chi connectivity index (χ0) is 14.1. The highest BCUT2D eigenvalue weighted by Crippen LogP contribution is 2.27. The Hall–Kier alpha value is -1.03. The lowest BCUT2D eigenvalue weighted by molar-refractivity contribution is 0.879. The number of nitrogens with one attached hydrogen (secondary N) is 1. The molecule has 0 bridgehead atoms. The Morgan fingerprint density at radius 3 is 2.65 bits per heavy atom. The van der Waals surface area contributed by atoms with Crippen molar-refractivity contribution in [2.45, 2.75) is 39.2 Å². The molecule has 0 aliphatic heterocycles. The maximum atomic E-state index is 3.61. The molecular weight excluding hydrogens is 357 g/mol. The maximum Gasteiger partial charge on any atom is 0.0485 e. The van der Waals surface area contributed by atoms with Crippen molar-refractivity contribution < 1.29 is 0 Å². The predicted molar refractivity (Wildman–Crippen MR) is 94.4 cm³/mol. The normalized spacial score (nSPS) is 14.9. The first kappa shape index (κ1) is 13.9. The van der Waals surface area contributed by atoms with Crippen molar-refractivity contribution in [1.29, 1.82) is 0 Å². The number of hydrogen-bond donors (Lipinski definition) is 1. The molecular formula is C18H20IN. The van der Waals surface area contributed by atoms with Crippen LogP contribution in [0.25, 0.3) is 0 Å². The van der Waals surface area contributed by atoms with Crippen molar-refractivity contribution in [3.8, 4) is 0 Å². The van der Waals surface area contributed by atoms with Gasteiger partial charge in [0, 0.05) is 15.3 Å². The molecule has 0 radical (unpaired) electrons. The number of halogens is 1. The van der Waals surface area contributed by atoms with Crippen molar-refractivity contribution >= 4 is 28.3 Å². The topological polar surface area (TPSA) is 12.0 Å². The van der Waals surface area contributed by atoms with Gasteiger partial charge in [0.25, 0.3) is 0 Å². The number of fused-ring (bicyclic) bond motifs is 1. The van der Waals surface area contributed by atoms with Gasteiger partial charge in [0.2, 0.25) is 0 Å². The van der Waals surface area contributed by atoms with Gasteiger partial charge in [0.15, 0.2) is 0 Å². The molecule has 0 heterocycles. The molecule has 1 N–H and O–H groups in total. The summed E-state index contributed by atoms with van der Waals surface area (Å²) in [5.41, 5.74) is 7.02. The van der Waals surface area contributed by atoms with Crippen LogP contribution in [0.5, 0.6) is 0 Å². The lowest BCUT2D eigenvalue weighted by atomic mass is 10.0. The van der Waals surface area contributed by atoms with Crippen molar-refractivity contribution in [3.63, 3.8) is 0 Å². The van der Waals surface area contributed by atoms with Crippen LogP contribution in [-0.4, -0.2) is 0 Å². The van der Waals surface area contributed by atoms with E-state index in [1.807, 2.05) is 0 Å². The van der Waals surface area contributed by atoms with Crippen LogP contribution in [0, 0.1) is 10.5 Å². The van der Waals surface area contributed by atoms with E-state index < -0.39 is 0 Å². The van der Waals surface area contributed by atoms with Gasteiger partial charge in [-0.3, -0.25) is 0 Å². The lowest BCUT2D eigenvalue weighted by Crippen LogP contribution is -2.07. The SMILES string of the molecule is Cc1ccc(NC(C)c2ccc3c(c2)CCC3)cc1I. The molecule has 0 fully saturated rings. The third-order valence-corrected chi connectivity index (χ3v) is 5.34. The van der Waals surface area contributed by atoms with E-state index in [0.717, 1.165) is 0 Å². The molecule has 0 spiro atoms. The molecule has 1 aliphatic rings. The number of anilines is 1. The summed E-state index contributed by atoms with van der Waals surface area (Å²) >= 11 is 2.40. The van der Waals surface area contributed by atoms with Crippen LogP contribution in [0.4, 0.5) is 5.69 Å². The predicted octanol–water partition coefficient (Wildman–Crippen LogP) is 5.26. The van der Waals surface area contributed by atoms with Gasteiger partial charge in [-0.15, -0.1) is 0 Å². The molecule has 0 saturated carbocycles. The van der Waals surface area contributed by atoms with Crippen LogP contribution in [-0.2, 0) is 12.8 Å². The number of hydrogen-bond acceptors (Lipinski definition) is 1. The minimum atomic E-state index is 0.347. The second-order valence-electron chi connectivity index (χ2n) is 5.71. The molecule has 1 nitrogen and oxygen atoms in total. The van der Waals surface area contributed by atoms with E-state index in [9.17, 15) is 0 Å². The Bertz CT molecular complexity index is 633. The second kappa shape index (κ2) is 5.76. The summed E-state index contributed by atoms with van der Waals surface area (Å²) in [6, 6.07) is 13.9. The van der Waals surface area contributed by atoms with Crippen molar-refractivity contribution in [2.75, 3.05) is 5.32 Å². The summed E-state index contributed by atoms with van der Waals surface area (Å²) in [4.78, 5) is 0. The Balaban J connectivity index is 1.78. The molecule has 0 aromatic heterocycles. The molecule has 104 valence electrons. The summed E-state index contributed by atoms with van der Waals surface area (Å²) in [6.45, 7) is 4.39. The monoisotopic (exact) mass is 377 g/mol. The highest BCUT2D eigenvalue weighted by molar-refractivity contribution is 14.1. The van der Waals surface area contributed by atoms with E-state index in [0.29, 0.717) is 6.04 Å². The smallest absolute Gasteiger partial charge is 0.0485 e. The van der Waals surface area contributed by atoms with Gasteiger partial charge in [0.1, 0.15) is 0 Å². The fourth-order valence-corrected chi connectivity index (χ4v) is 3.39. The summed E-state index contributed by atoms with van der Waals surface area (Å²) in [5.74, 6) is 0.